The summed E-state index contributed by atoms with van der Waals surface area (Å²) in [5, 5.41) is 7.60. The second-order valence-corrected chi connectivity index (χ2v) is 3.90. The van der Waals surface area contributed by atoms with E-state index < -0.39 is 0 Å². The highest BCUT2D eigenvalue weighted by atomic mass is 79.9. The molecule has 0 N–H and O–H groups in total. The second-order valence-electron chi connectivity index (χ2n) is 3.04. The van der Waals surface area contributed by atoms with E-state index in [1.165, 1.54) is 0 Å². The summed E-state index contributed by atoms with van der Waals surface area (Å²) < 4.78 is 2.50. The van der Waals surface area contributed by atoms with Crippen molar-refractivity contribution in [1.29, 1.82) is 0 Å². The van der Waals surface area contributed by atoms with Gasteiger partial charge in [0.2, 0.25) is 0 Å². The maximum Gasteiger partial charge on any atom is 0.172 e. The van der Waals surface area contributed by atoms with Gasteiger partial charge in [-0.2, -0.15) is 0 Å². The SMILES string of the molecule is Cn1nnc(C=O)c1-c1ccccc1Br. The van der Waals surface area contributed by atoms with Gasteiger partial charge in [0.1, 0.15) is 5.69 Å². The molecule has 0 spiro atoms. The summed E-state index contributed by atoms with van der Waals surface area (Å²) in [5.41, 5.74) is 1.98. The maximum absolute atomic E-state index is 10.8. The fraction of sp³-hybridized carbons (Fsp3) is 0.100. The highest BCUT2D eigenvalue weighted by molar-refractivity contribution is 9.10. The van der Waals surface area contributed by atoms with Crippen LogP contribution in [-0.4, -0.2) is 21.3 Å². The molecule has 0 fully saturated rings. The minimum absolute atomic E-state index is 0.351. The zero-order valence-electron chi connectivity index (χ0n) is 8.01. The molecule has 0 aliphatic carbocycles. The molecule has 76 valence electrons. The van der Waals surface area contributed by atoms with Gasteiger partial charge in [-0.15, -0.1) is 5.10 Å². The van der Waals surface area contributed by atoms with Gasteiger partial charge in [-0.05, 0) is 6.07 Å². The summed E-state index contributed by atoms with van der Waals surface area (Å²) in [6, 6.07) is 7.65. The molecule has 2 rings (SSSR count). The Morgan fingerprint density at radius 1 is 1.40 bits per heavy atom. The summed E-state index contributed by atoms with van der Waals surface area (Å²) >= 11 is 3.43. The van der Waals surface area contributed by atoms with Crippen LogP contribution < -0.4 is 0 Å². The molecule has 0 saturated heterocycles. The Hall–Kier alpha value is -1.49. The van der Waals surface area contributed by atoms with E-state index in [4.69, 9.17) is 0 Å². The number of nitrogens with zero attached hydrogens (tertiary/aromatic N) is 3. The molecule has 0 unspecified atom stereocenters. The lowest BCUT2D eigenvalue weighted by atomic mass is 10.1. The molecule has 1 aromatic carbocycles. The van der Waals surface area contributed by atoms with Crippen molar-refractivity contribution in [3.8, 4) is 11.3 Å². The normalized spacial score (nSPS) is 10.3. The Morgan fingerprint density at radius 3 is 2.80 bits per heavy atom. The molecule has 0 amide bonds. The van der Waals surface area contributed by atoms with Crippen LogP contribution in [0.2, 0.25) is 0 Å². The summed E-state index contributed by atoms with van der Waals surface area (Å²) in [7, 11) is 1.76. The Balaban J connectivity index is 2.68. The van der Waals surface area contributed by atoms with Gasteiger partial charge in [0, 0.05) is 17.1 Å². The van der Waals surface area contributed by atoms with Crippen molar-refractivity contribution < 1.29 is 4.79 Å². The lowest BCUT2D eigenvalue weighted by molar-refractivity contribution is 0.111. The number of hydrogen-bond donors (Lipinski definition) is 0. The lowest BCUT2D eigenvalue weighted by Gasteiger charge is -2.03. The van der Waals surface area contributed by atoms with Gasteiger partial charge in [-0.1, -0.05) is 39.3 Å². The molecule has 0 atom stereocenters. The average Bonchev–Trinajstić information content (AvgIpc) is 2.60. The molecule has 4 nitrogen and oxygen atoms in total. The largest absolute Gasteiger partial charge is 0.296 e. The quantitative estimate of drug-likeness (QED) is 0.781. The summed E-state index contributed by atoms with van der Waals surface area (Å²) in [5.74, 6) is 0. The molecule has 2 aromatic rings. The van der Waals surface area contributed by atoms with Crippen molar-refractivity contribution in [1.82, 2.24) is 15.0 Å². The number of benzene rings is 1. The molecular weight excluding hydrogens is 258 g/mol. The number of hydrogen-bond acceptors (Lipinski definition) is 3. The van der Waals surface area contributed by atoms with E-state index in [1.54, 1.807) is 11.7 Å². The third-order valence-corrected chi connectivity index (χ3v) is 2.78. The Labute approximate surface area is 95.0 Å². The number of aromatic nitrogens is 3. The van der Waals surface area contributed by atoms with E-state index >= 15 is 0 Å². The van der Waals surface area contributed by atoms with Crippen LogP contribution in [0.1, 0.15) is 10.5 Å². The number of carbonyl (C=O) groups excluding carboxylic acids is 1. The van der Waals surface area contributed by atoms with Crippen LogP contribution in [0.5, 0.6) is 0 Å². The average molecular weight is 266 g/mol. The highest BCUT2D eigenvalue weighted by Gasteiger charge is 2.13. The van der Waals surface area contributed by atoms with Crippen molar-refractivity contribution in [3.63, 3.8) is 0 Å². The highest BCUT2D eigenvalue weighted by Crippen LogP contribution is 2.28. The third kappa shape index (κ3) is 1.70. The molecule has 0 aliphatic rings. The number of halogens is 1. The first-order valence-electron chi connectivity index (χ1n) is 4.34. The number of aldehydes is 1. The second kappa shape index (κ2) is 3.94. The van der Waals surface area contributed by atoms with Crippen LogP contribution in [0.4, 0.5) is 0 Å². The molecule has 1 aromatic heterocycles. The zero-order valence-corrected chi connectivity index (χ0v) is 9.60. The zero-order chi connectivity index (χ0) is 10.8. The molecule has 0 radical (unpaired) electrons. The van der Waals surface area contributed by atoms with Gasteiger partial charge in [-0.3, -0.25) is 4.79 Å². The topological polar surface area (TPSA) is 47.8 Å². The van der Waals surface area contributed by atoms with E-state index in [1.807, 2.05) is 24.3 Å². The molecule has 15 heavy (non-hydrogen) atoms. The van der Waals surface area contributed by atoms with E-state index in [0.29, 0.717) is 12.0 Å². The van der Waals surface area contributed by atoms with Gasteiger partial charge < -0.3 is 0 Å². The van der Waals surface area contributed by atoms with Gasteiger partial charge >= 0.3 is 0 Å². The maximum atomic E-state index is 10.8. The number of aryl methyl sites for hydroxylation is 1. The van der Waals surface area contributed by atoms with Crippen molar-refractivity contribution in [3.05, 3.63) is 34.4 Å². The summed E-state index contributed by atoms with van der Waals surface area (Å²) in [6.45, 7) is 0. The van der Waals surface area contributed by atoms with E-state index in [-0.39, 0.29) is 0 Å². The first-order valence-corrected chi connectivity index (χ1v) is 5.13. The molecule has 5 heteroatoms. The van der Waals surface area contributed by atoms with Crippen LogP contribution in [-0.2, 0) is 7.05 Å². The Kier molecular flexibility index (Phi) is 2.64. The van der Waals surface area contributed by atoms with Crippen LogP contribution in [0, 0.1) is 0 Å². The summed E-state index contributed by atoms with van der Waals surface area (Å²) in [6.07, 6.45) is 0.710. The minimum atomic E-state index is 0.351. The Morgan fingerprint density at radius 2 is 2.13 bits per heavy atom. The molecule has 1 heterocycles. The van der Waals surface area contributed by atoms with Gasteiger partial charge in [0.25, 0.3) is 0 Å². The van der Waals surface area contributed by atoms with Crippen molar-refractivity contribution in [2.75, 3.05) is 0 Å². The predicted molar refractivity (Wildman–Crippen MR) is 59.5 cm³/mol. The van der Waals surface area contributed by atoms with Crippen molar-refractivity contribution in [2.45, 2.75) is 0 Å². The fourth-order valence-corrected chi connectivity index (χ4v) is 1.89. The smallest absolute Gasteiger partial charge is 0.172 e. The standard InChI is InChI=1S/C10H8BrN3O/c1-14-10(9(6-15)12-13-14)7-4-2-3-5-8(7)11/h2-6H,1H3. The Bertz CT molecular complexity index is 507. The van der Waals surface area contributed by atoms with Gasteiger partial charge in [0.05, 0.1) is 0 Å². The van der Waals surface area contributed by atoms with Gasteiger partial charge in [0.15, 0.2) is 12.0 Å². The van der Waals surface area contributed by atoms with E-state index in [2.05, 4.69) is 26.2 Å². The monoisotopic (exact) mass is 265 g/mol. The van der Waals surface area contributed by atoms with Crippen LogP contribution >= 0.6 is 15.9 Å². The minimum Gasteiger partial charge on any atom is -0.296 e. The van der Waals surface area contributed by atoms with Gasteiger partial charge in [-0.25, -0.2) is 4.68 Å². The molecule has 0 saturated carbocycles. The molecule has 0 aliphatic heterocycles. The van der Waals surface area contributed by atoms with E-state index in [9.17, 15) is 4.79 Å². The van der Waals surface area contributed by atoms with Crippen LogP contribution in [0.25, 0.3) is 11.3 Å². The number of carbonyl (C=O) groups is 1. The molecular formula is C10H8BrN3O. The van der Waals surface area contributed by atoms with Crippen molar-refractivity contribution >= 4 is 22.2 Å². The summed E-state index contributed by atoms with van der Waals surface area (Å²) in [4.78, 5) is 10.8. The predicted octanol–water partition coefficient (Wildman–Crippen LogP) is 2.06. The fourth-order valence-electron chi connectivity index (χ4n) is 1.42. The van der Waals surface area contributed by atoms with Crippen LogP contribution in [0.15, 0.2) is 28.7 Å². The first kappa shape index (κ1) is 10.0. The van der Waals surface area contributed by atoms with E-state index in [0.717, 1.165) is 15.7 Å². The first-order chi connectivity index (χ1) is 7.24. The molecule has 0 bridgehead atoms. The van der Waals surface area contributed by atoms with Crippen LogP contribution in [0.3, 0.4) is 0 Å². The lowest BCUT2D eigenvalue weighted by Crippen LogP contribution is -1.95. The van der Waals surface area contributed by atoms with Crippen molar-refractivity contribution in [2.24, 2.45) is 7.05 Å². The third-order valence-electron chi connectivity index (χ3n) is 2.09. The number of rotatable bonds is 2.